The normalized spacial score (nSPS) is 9.80. The van der Waals surface area contributed by atoms with Crippen molar-refractivity contribution < 1.29 is 9.90 Å². The van der Waals surface area contributed by atoms with E-state index in [1.807, 2.05) is 0 Å². The van der Waals surface area contributed by atoms with Gasteiger partial charge < -0.3 is 5.11 Å². The number of hydrogen-bond donors (Lipinski definition) is 1. The van der Waals surface area contributed by atoms with Gasteiger partial charge in [0.25, 0.3) is 0 Å². The minimum absolute atomic E-state index is 0.293. The highest BCUT2D eigenvalue weighted by Crippen LogP contribution is 2.20. The SMILES string of the molecule is C=CC(=O)O.CC(C)(C)c1ccccc1. The molecule has 1 aromatic carbocycles. The first-order valence-corrected chi connectivity index (χ1v) is 4.79. The summed E-state index contributed by atoms with van der Waals surface area (Å²) in [5.74, 6) is -0.981. The highest BCUT2D eigenvalue weighted by Gasteiger charge is 2.11. The van der Waals surface area contributed by atoms with Crippen LogP contribution < -0.4 is 0 Å². The highest BCUT2D eigenvalue weighted by molar-refractivity contribution is 5.78. The summed E-state index contributed by atoms with van der Waals surface area (Å²) in [6, 6.07) is 10.6. The molecule has 0 saturated heterocycles. The Balaban J connectivity index is 0.000000336. The van der Waals surface area contributed by atoms with Gasteiger partial charge in [0.2, 0.25) is 0 Å². The third-order valence-corrected chi connectivity index (χ3v) is 1.81. The van der Waals surface area contributed by atoms with Gasteiger partial charge in [-0.15, -0.1) is 0 Å². The fourth-order valence-electron chi connectivity index (χ4n) is 0.938. The van der Waals surface area contributed by atoms with Crippen LogP contribution in [0.2, 0.25) is 0 Å². The lowest BCUT2D eigenvalue weighted by Gasteiger charge is -2.18. The molecule has 2 nitrogen and oxygen atoms in total. The molecule has 1 rings (SSSR count). The zero-order valence-corrected chi connectivity index (χ0v) is 9.53. The number of rotatable bonds is 1. The molecule has 0 aliphatic rings. The van der Waals surface area contributed by atoms with E-state index in [-0.39, 0.29) is 0 Å². The van der Waals surface area contributed by atoms with Crippen molar-refractivity contribution in [3.05, 3.63) is 48.6 Å². The maximum atomic E-state index is 9.25. The predicted molar refractivity (Wildman–Crippen MR) is 63.0 cm³/mol. The fraction of sp³-hybridized carbons (Fsp3) is 0.308. The summed E-state index contributed by atoms with van der Waals surface area (Å²) in [5.41, 5.74) is 1.69. The molecule has 0 saturated carbocycles. The number of carbonyl (C=O) groups is 1. The van der Waals surface area contributed by atoms with Crippen LogP contribution in [0.5, 0.6) is 0 Å². The van der Waals surface area contributed by atoms with Crippen LogP contribution in [0.1, 0.15) is 26.3 Å². The van der Waals surface area contributed by atoms with Crippen molar-refractivity contribution in [2.75, 3.05) is 0 Å². The minimum atomic E-state index is -0.981. The van der Waals surface area contributed by atoms with Crippen molar-refractivity contribution in [2.24, 2.45) is 0 Å². The summed E-state index contributed by atoms with van der Waals surface area (Å²) < 4.78 is 0. The van der Waals surface area contributed by atoms with Gasteiger partial charge in [0, 0.05) is 6.08 Å². The third kappa shape index (κ3) is 6.49. The molecular formula is C13H18O2. The van der Waals surface area contributed by atoms with Gasteiger partial charge in [-0.2, -0.15) is 0 Å². The quantitative estimate of drug-likeness (QED) is 0.716. The molecule has 0 aliphatic heterocycles. The van der Waals surface area contributed by atoms with Crippen LogP contribution in [0.4, 0.5) is 0 Å². The molecule has 82 valence electrons. The summed E-state index contributed by atoms with van der Waals surface area (Å²) in [6.07, 6.45) is 0.833. The van der Waals surface area contributed by atoms with Gasteiger partial charge in [-0.25, -0.2) is 4.79 Å². The van der Waals surface area contributed by atoms with Crippen molar-refractivity contribution in [1.29, 1.82) is 0 Å². The molecule has 0 atom stereocenters. The molecule has 15 heavy (non-hydrogen) atoms. The maximum absolute atomic E-state index is 9.25. The monoisotopic (exact) mass is 206 g/mol. The largest absolute Gasteiger partial charge is 0.478 e. The average molecular weight is 206 g/mol. The van der Waals surface area contributed by atoms with Crippen LogP contribution in [-0.4, -0.2) is 11.1 Å². The molecule has 0 unspecified atom stereocenters. The standard InChI is InChI=1S/C10H14.C3H4O2/c1-10(2,3)9-7-5-4-6-8-9;1-2-3(4)5/h4-8H,1-3H3;2H,1H2,(H,4,5). The Hall–Kier alpha value is -1.57. The Morgan fingerprint density at radius 2 is 1.67 bits per heavy atom. The van der Waals surface area contributed by atoms with Crippen LogP contribution in [-0.2, 0) is 10.2 Å². The van der Waals surface area contributed by atoms with Crippen LogP contribution in [0.3, 0.4) is 0 Å². The molecule has 0 spiro atoms. The molecular weight excluding hydrogens is 188 g/mol. The lowest BCUT2D eigenvalue weighted by molar-refractivity contribution is -0.131. The lowest BCUT2D eigenvalue weighted by Crippen LogP contribution is -2.10. The third-order valence-electron chi connectivity index (χ3n) is 1.81. The van der Waals surface area contributed by atoms with Gasteiger partial charge in [-0.05, 0) is 11.0 Å². The number of aliphatic carboxylic acids is 1. The topological polar surface area (TPSA) is 37.3 Å². The van der Waals surface area contributed by atoms with Crippen molar-refractivity contribution in [3.63, 3.8) is 0 Å². The molecule has 0 heterocycles. The van der Waals surface area contributed by atoms with Gasteiger partial charge in [0.05, 0.1) is 0 Å². The number of hydrogen-bond acceptors (Lipinski definition) is 1. The minimum Gasteiger partial charge on any atom is -0.478 e. The summed E-state index contributed by atoms with van der Waals surface area (Å²) in [6.45, 7) is 9.63. The van der Waals surface area contributed by atoms with Gasteiger partial charge in [0.1, 0.15) is 0 Å². The van der Waals surface area contributed by atoms with E-state index in [0.717, 1.165) is 6.08 Å². The lowest BCUT2D eigenvalue weighted by atomic mass is 9.87. The second kappa shape index (κ2) is 6.02. The molecule has 0 aromatic heterocycles. The van der Waals surface area contributed by atoms with E-state index < -0.39 is 5.97 Å². The van der Waals surface area contributed by atoms with Crippen LogP contribution in [0.25, 0.3) is 0 Å². The number of carboxylic acids is 1. The first-order chi connectivity index (χ1) is 6.88. The molecule has 0 aliphatic carbocycles. The van der Waals surface area contributed by atoms with E-state index in [2.05, 4.69) is 57.7 Å². The smallest absolute Gasteiger partial charge is 0.327 e. The number of benzene rings is 1. The van der Waals surface area contributed by atoms with Crippen molar-refractivity contribution in [2.45, 2.75) is 26.2 Å². The molecule has 0 amide bonds. The first-order valence-electron chi connectivity index (χ1n) is 4.79. The molecule has 1 N–H and O–H groups in total. The van der Waals surface area contributed by atoms with E-state index in [1.54, 1.807) is 0 Å². The number of carboxylic acid groups (broad SMARTS) is 1. The maximum Gasteiger partial charge on any atom is 0.327 e. The molecule has 0 radical (unpaired) electrons. The zero-order valence-electron chi connectivity index (χ0n) is 9.53. The molecule has 1 aromatic rings. The Kier molecular flexibility index (Phi) is 5.39. The van der Waals surface area contributed by atoms with Gasteiger partial charge in [0.15, 0.2) is 0 Å². The van der Waals surface area contributed by atoms with Crippen LogP contribution in [0, 0.1) is 0 Å². The summed E-state index contributed by atoms with van der Waals surface area (Å²) in [7, 11) is 0. The first kappa shape index (κ1) is 13.4. The van der Waals surface area contributed by atoms with Crippen LogP contribution >= 0.6 is 0 Å². The van der Waals surface area contributed by atoms with Gasteiger partial charge in [-0.1, -0.05) is 57.7 Å². The second-order valence-corrected chi connectivity index (χ2v) is 4.16. The Bertz CT molecular complexity index is 307. The molecule has 2 heteroatoms. The highest BCUT2D eigenvalue weighted by atomic mass is 16.4. The fourth-order valence-corrected chi connectivity index (χ4v) is 0.938. The zero-order chi connectivity index (χ0) is 11.9. The van der Waals surface area contributed by atoms with Crippen LogP contribution in [0.15, 0.2) is 43.0 Å². The molecule has 0 fully saturated rings. The molecule has 0 bridgehead atoms. The van der Waals surface area contributed by atoms with Crippen molar-refractivity contribution in [3.8, 4) is 0 Å². The van der Waals surface area contributed by atoms with Gasteiger partial charge in [-0.3, -0.25) is 0 Å². The summed E-state index contributed by atoms with van der Waals surface area (Å²) >= 11 is 0. The van der Waals surface area contributed by atoms with E-state index >= 15 is 0 Å². The van der Waals surface area contributed by atoms with E-state index in [1.165, 1.54) is 5.56 Å². The van der Waals surface area contributed by atoms with E-state index in [9.17, 15) is 4.79 Å². The van der Waals surface area contributed by atoms with Crippen molar-refractivity contribution >= 4 is 5.97 Å². The predicted octanol–water partition coefficient (Wildman–Crippen LogP) is 3.24. The second-order valence-electron chi connectivity index (χ2n) is 4.16. The Morgan fingerprint density at radius 3 is 1.87 bits per heavy atom. The Labute approximate surface area is 91.3 Å². The Morgan fingerprint density at radius 1 is 1.27 bits per heavy atom. The summed E-state index contributed by atoms with van der Waals surface area (Å²) in [5, 5.41) is 7.60. The van der Waals surface area contributed by atoms with Crippen molar-refractivity contribution in [1.82, 2.24) is 0 Å². The summed E-state index contributed by atoms with van der Waals surface area (Å²) in [4.78, 5) is 9.25. The van der Waals surface area contributed by atoms with E-state index in [0.29, 0.717) is 5.41 Å². The van der Waals surface area contributed by atoms with Gasteiger partial charge >= 0.3 is 5.97 Å². The average Bonchev–Trinajstić information content (AvgIpc) is 2.19. The van der Waals surface area contributed by atoms with E-state index in [4.69, 9.17) is 5.11 Å².